The molecule has 0 saturated carbocycles. The zero-order chi connectivity index (χ0) is 18.9. The number of hydrogen-bond donors (Lipinski definition) is 1. The maximum absolute atomic E-state index is 5.50. The number of ether oxygens (including phenoxy) is 1. The van der Waals surface area contributed by atoms with Crippen molar-refractivity contribution in [2.45, 2.75) is 51.1 Å². The summed E-state index contributed by atoms with van der Waals surface area (Å²) in [7, 11) is 2.22. The van der Waals surface area contributed by atoms with Crippen LogP contribution in [0.15, 0.2) is 0 Å². The van der Waals surface area contributed by atoms with Gasteiger partial charge in [-0.1, -0.05) is 0 Å². The summed E-state index contributed by atoms with van der Waals surface area (Å²) in [5, 5.41) is 5.17. The highest BCUT2D eigenvalue weighted by Gasteiger charge is 2.24. The van der Waals surface area contributed by atoms with Crippen LogP contribution in [-0.4, -0.2) is 72.3 Å². The average molecular weight is 402 g/mol. The molecule has 6 nitrogen and oxygen atoms in total. The molecule has 1 aliphatic carbocycles. The number of fused-ring (bicyclic) bond motifs is 3. The van der Waals surface area contributed by atoms with Crippen LogP contribution in [0.3, 0.4) is 0 Å². The first-order valence-electron chi connectivity index (χ1n) is 10.8. The van der Waals surface area contributed by atoms with E-state index in [9.17, 15) is 0 Å². The van der Waals surface area contributed by atoms with Gasteiger partial charge in [0.2, 0.25) is 0 Å². The number of likely N-dealkylation sites (tertiary alicyclic amines) is 1. The van der Waals surface area contributed by atoms with Gasteiger partial charge in [0.1, 0.15) is 16.5 Å². The fourth-order valence-electron chi connectivity index (χ4n) is 4.68. The number of piperidine rings is 1. The lowest BCUT2D eigenvalue weighted by atomic mass is 9.96. The molecule has 2 aromatic heterocycles. The fourth-order valence-corrected chi connectivity index (χ4v) is 5.96. The molecule has 0 unspecified atom stereocenters. The highest BCUT2D eigenvalue weighted by atomic mass is 32.1. The number of nitrogens with zero attached hydrogens (tertiary/aromatic N) is 4. The third kappa shape index (κ3) is 3.90. The second kappa shape index (κ2) is 8.22. The SMILES string of the molecule is CN1CCC(Nc2nc(CN3CCOCC3)nc3sc4c(c23)CCCC4)CC1. The molecule has 0 aromatic carbocycles. The lowest BCUT2D eigenvalue weighted by molar-refractivity contribution is 0.0331. The molecule has 0 bridgehead atoms. The molecule has 2 saturated heterocycles. The van der Waals surface area contributed by atoms with Gasteiger partial charge in [0, 0.05) is 24.0 Å². The minimum Gasteiger partial charge on any atom is -0.379 e. The van der Waals surface area contributed by atoms with Crippen LogP contribution in [0.4, 0.5) is 5.82 Å². The molecule has 2 aromatic rings. The van der Waals surface area contributed by atoms with Crippen LogP contribution in [0.1, 0.15) is 41.9 Å². The van der Waals surface area contributed by atoms with Crippen LogP contribution in [0, 0.1) is 0 Å². The summed E-state index contributed by atoms with van der Waals surface area (Å²) in [6.45, 7) is 6.72. The number of nitrogens with one attached hydrogen (secondary N) is 1. The average Bonchev–Trinajstić information content (AvgIpc) is 3.09. The molecule has 5 rings (SSSR count). The highest BCUT2D eigenvalue weighted by molar-refractivity contribution is 7.19. The van der Waals surface area contributed by atoms with E-state index in [4.69, 9.17) is 14.7 Å². The minimum atomic E-state index is 0.518. The lowest BCUT2D eigenvalue weighted by Crippen LogP contribution is -2.37. The summed E-state index contributed by atoms with van der Waals surface area (Å²) in [5.74, 6) is 2.06. The van der Waals surface area contributed by atoms with Gasteiger partial charge >= 0.3 is 0 Å². The second-order valence-electron chi connectivity index (χ2n) is 8.49. The van der Waals surface area contributed by atoms with E-state index in [0.29, 0.717) is 6.04 Å². The van der Waals surface area contributed by atoms with Gasteiger partial charge < -0.3 is 15.0 Å². The smallest absolute Gasteiger partial charge is 0.146 e. The number of aryl methyl sites for hydroxylation is 2. The van der Waals surface area contributed by atoms with E-state index >= 15 is 0 Å². The predicted octanol–water partition coefficient (Wildman–Crippen LogP) is 2.91. The van der Waals surface area contributed by atoms with Crippen LogP contribution < -0.4 is 5.32 Å². The maximum Gasteiger partial charge on any atom is 0.146 e. The van der Waals surface area contributed by atoms with Crippen LogP contribution in [0.5, 0.6) is 0 Å². The zero-order valence-corrected chi connectivity index (χ0v) is 17.7. The molecule has 0 atom stereocenters. The molecule has 4 heterocycles. The lowest BCUT2D eigenvalue weighted by Gasteiger charge is -2.30. The van der Waals surface area contributed by atoms with Crippen molar-refractivity contribution in [2.24, 2.45) is 0 Å². The first-order valence-corrected chi connectivity index (χ1v) is 11.6. The normalized spacial score (nSPS) is 22.5. The maximum atomic E-state index is 5.50. The fraction of sp³-hybridized carbons (Fsp3) is 0.714. The van der Waals surface area contributed by atoms with Crippen molar-refractivity contribution in [1.29, 1.82) is 0 Å². The first-order chi connectivity index (χ1) is 13.8. The number of thiophene rings is 1. The van der Waals surface area contributed by atoms with Crippen molar-refractivity contribution in [2.75, 3.05) is 51.8 Å². The molecule has 7 heteroatoms. The van der Waals surface area contributed by atoms with Crippen molar-refractivity contribution >= 4 is 27.4 Å². The molecule has 0 radical (unpaired) electrons. The van der Waals surface area contributed by atoms with Crippen LogP contribution in [0.25, 0.3) is 10.2 Å². The Balaban J connectivity index is 1.47. The van der Waals surface area contributed by atoms with Gasteiger partial charge in [0.15, 0.2) is 0 Å². The summed E-state index contributed by atoms with van der Waals surface area (Å²) < 4.78 is 5.50. The van der Waals surface area contributed by atoms with E-state index in [-0.39, 0.29) is 0 Å². The van der Waals surface area contributed by atoms with E-state index in [2.05, 4.69) is 22.2 Å². The summed E-state index contributed by atoms with van der Waals surface area (Å²) in [5.41, 5.74) is 1.53. The number of anilines is 1. The molecular weight excluding hydrogens is 370 g/mol. The summed E-state index contributed by atoms with van der Waals surface area (Å²) in [4.78, 5) is 17.7. The topological polar surface area (TPSA) is 53.5 Å². The molecule has 2 fully saturated rings. The molecule has 28 heavy (non-hydrogen) atoms. The summed E-state index contributed by atoms with van der Waals surface area (Å²) >= 11 is 1.91. The first kappa shape index (κ1) is 18.7. The van der Waals surface area contributed by atoms with Gasteiger partial charge in [0.25, 0.3) is 0 Å². The Hall–Kier alpha value is -1.28. The molecule has 3 aliphatic rings. The Morgan fingerprint density at radius 1 is 1.07 bits per heavy atom. The second-order valence-corrected chi connectivity index (χ2v) is 9.57. The van der Waals surface area contributed by atoms with E-state index in [1.807, 2.05) is 11.3 Å². The Kier molecular flexibility index (Phi) is 5.50. The minimum absolute atomic E-state index is 0.518. The van der Waals surface area contributed by atoms with Crippen molar-refractivity contribution < 1.29 is 4.74 Å². The number of rotatable bonds is 4. The Labute approximate surface area is 171 Å². The highest BCUT2D eigenvalue weighted by Crippen LogP contribution is 2.39. The zero-order valence-electron chi connectivity index (χ0n) is 16.9. The van der Waals surface area contributed by atoms with E-state index in [0.717, 1.165) is 57.6 Å². The standard InChI is InChI=1S/C21H31N5OS/c1-25-8-6-15(7-9-25)22-20-19-16-4-2-3-5-17(16)28-21(19)24-18(23-20)14-26-10-12-27-13-11-26/h15H,2-14H2,1H3,(H,22,23,24). The van der Waals surface area contributed by atoms with Crippen LogP contribution in [0.2, 0.25) is 0 Å². The Morgan fingerprint density at radius 3 is 2.68 bits per heavy atom. The summed E-state index contributed by atoms with van der Waals surface area (Å²) in [6, 6.07) is 0.518. The molecule has 0 spiro atoms. The van der Waals surface area contributed by atoms with Gasteiger partial charge in [-0.2, -0.15) is 0 Å². The van der Waals surface area contributed by atoms with E-state index < -0.39 is 0 Å². The van der Waals surface area contributed by atoms with Crippen molar-refractivity contribution in [3.63, 3.8) is 0 Å². The van der Waals surface area contributed by atoms with E-state index in [1.165, 1.54) is 54.3 Å². The van der Waals surface area contributed by atoms with Gasteiger partial charge in [-0.15, -0.1) is 11.3 Å². The van der Waals surface area contributed by atoms with Gasteiger partial charge in [0.05, 0.1) is 25.1 Å². The summed E-state index contributed by atoms with van der Waals surface area (Å²) in [6.07, 6.45) is 7.38. The van der Waals surface area contributed by atoms with E-state index in [1.54, 1.807) is 4.88 Å². The van der Waals surface area contributed by atoms with Gasteiger partial charge in [-0.25, -0.2) is 9.97 Å². The molecule has 2 aliphatic heterocycles. The van der Waals surface area contributed by atoms with Crippen LogP contribution in [-0.2, 0) is 24.1 Å². The van der Waals surface area contributed by atoms with Crippen molar-refractivity contribution in [1.82, 2.24) is 19.8 Å². The molecule has 1 N–H and O–H groups in total. The van der Waals surface area contributed by atoms with Crippen molar-refractivity contribution in [3.8, 4) is 0 Å². The number of morpholine rings is 1. The van der Waals surface area contributed by atoms with Crippen LogP contribution >= 0.6 is 11.3 Å². The molecule has 0 amide bonds. The molecular formula is C21H31N5OS. The molecule has 152 valence electrons. The number of hydrogen-bond acceptors (Lipinski definition) is 7. The third-order valence-corrected chi connectivity index (χ3v) is 7.57. The van der Waals surface area contributed by atoms with Gasteiger partial charge in [-0.3, -0.25) is 4.90 Å². The predicted molar refractivity (Wildman–Crippen MR) is 114 cm³/mol. The Morgan fingerprint density at radius 2 is 1.86 bits per heavy atom. The largest absolute Gasteiger partial charge is 0.379 e. The van der Waals surface area contributed by atoms with Gasteiger partial charge in [-0.05, 0) is 64.2 Å². The third-order valence-electron chi connectivity index (χ3n) is 6.39. The van der Waals surface area contributed by atoms with Crippen molar-refractivity contribution in [3.05, 3.63) is 16.3 Å². The monoisotopic (exact) mass is 401 g/mol. The Bertz CT molecular complexity index is 824. The quantitative estimate of drug-likeness (QED) is 0.850. The number of aromatic nitrogens is 2.